The van der Waals surface area contributed by atoms with Crippen molar-refractivity contribution in [2.75, 3.05) is 13.1 Å². The van der Waals surface area contributed by atoms with Crippen LogP contribution in [0.5, 0.6) is 0 Å². The van der Waals surface area contributed by atoms with Crippen molar-refractivity contribution in [2.45, 2.75) is 20.8 Å². The summed E-state index contributed by atoms with van der Waals surface area (Å²) in [6.45, 7) is 11.9. The van der Waals surface area contributed by atoms with Crippen molar-refractivity contribution in [1.29, 1.82) is 0 Å². The second kappa shape index (κ2) is 9.82. The van der Waals surface area contributed by atoms with Gasteiger partial charge in [0.05, 0.1) is 28.6 Å². The minimum absolute atomic E-state index is 0.770. The van der Waals surface area contributed by atoms with Crippen molar-refractivity contribution in [3.63, 3.8) is 0 Å². The van der Waals surface area contributed by atoms with Gasteiger partial charge in [0.1, 0.15) is 11.2 Å². The first kappa shape index (κ1) is 23.0. The van der Waals surface area contributed by atoms with Gasteiger partial charge in [-0.15, -0.1) is 11.3 Å². The molecule has 0 radical (unpaired) electrons. The summed E-state index contributed by atoms with van der Waals surface area (Å²) >= 11 is 1.77. The maximum Gasteiger partial charge on any atom is 0.135 e. The number of pyridine rings is 2. The van der Waals surface area contributed by atoms with Gasteiger partial charge < -0.3 is 10.3 Å². The van der Waals surface area contributed by atoms with Crippen molar-refractivity contribution in [3.8, 4) is 21.8 Å². The largest absolute Gasteiger partial charge is 0.352 e. The van der Waals surface area contributed by atoms with Crippen LogP contribution in [0.2, 0.25) is 0 Å². The Labute approximate surface area is 208 Å². The van der Waals surface area contributed by atoms with E-state index in [0.717, 1.165) is 68.8 Å². The molecule has 5 aromatic heterocycles. The average Bonchev–Trinajstić information content (AvgIpc) is 3.61. The fraction of sp³-hybridized carbons (Fsp3) is 0.179. The lowest BCUT2D eigenvalue weighted by atomic mass is 10.1. The Balaban J connectivity index is 1.58. The number of H-pyrrole nitrogens is 2. The number of fused-ring (bicyclic) bond motifs is 2. The lowest BCUT2D eigenvalue weighted by Crippen LogP contribution is -2.15. The summed E-state index contributed by atoms with van der Waals surface area (Å²) in [5.41, 5.74) is 8.59. The number of aromatic amines is 2. The number of thiophene rings is 1. The van der Waals surface area contributed by atoms with Gasteiger partial charge in [-0.1, -0.05) is 25.7 Å². The Morgan fingerprint density at radius 1 is 1.17 bits per heavy atom. The minimum atomic E-state index is 0.770. The summed E-state index contributed by atoms with van der Waals surface area (Å²) in [4.78, 5) is 15.5. The lowest BCUT2D eigenvalue weighted by molar-refractivity contribution is 0.785. The van der Waals surface area contributed by atoms with E-state index < -0.39 is 0 Å². The number of hydrogen-bond donors (Lipinski definition) is 3. The highest BCUT2D eigenvalue weighted by Crippen LogP contribution is 2.36. The number of allylic oxidation sites excluding steroid dienone is 3. The van der Waals surface area contributed by atoms with E-state index in [1.807, 2.05) is 37.5 Å². The van der Waals surface area contributed by atoms with Crippen LogP contribution in [-0.4, -0.2) is 38.2 Å². The molecule has 6 nitrogen and oxygen atoms in total. The molecule has 5 heterocycles. The number of nitrogens with zero attached hydrogens (tertiary/aromatic N) is 3. The van der Waals surface area contributed by atoms with Crippen LogP contribution >= 0.6 is 11.3 Å². The van der Waals surface area contributed by atoms with Gasteiger partial charge in [-0.3, -0.25) is 10.1 Å². The molecule has 0 saturated heterocycles. The van der Waals surface area contributed by atoms with E-state index in [-0.39, 0.29) is 0 Å². The van der Waals surface area contributed by atoms with Crippen LogP contribution in [0.1, 0.15) is 24.4 Å². The summed E-state index contributed by atoms with van der Waals surface area (Å²) in [5.74, 6) is 0. The Bertz CT molecular complexity index is 1580. The molecule has 0 bridgehead atoms. The van der Waals surface area contributed by atoms with E-state index in [9.17, 15) is 0 Å². The first-order chi connectivity index (χ1) is 17.1. The van der Waals surface area contributed by atoms with Gasteiger partial charge in [0.2, 0.25) is 0 Å². The topological polar surface area (TPSA) is 82.3 Å². The Hall–Kier alpha value is -3.81. The molecule has 3 N–H and O–H groups in total. The van der Waals surface area contributed by atoms with Crippen molar-refractivity contribution < 1.29 is 0 Å². The van der Waals surface area contributed by atoms with Crippen molar-refractivity contribution in [1.82, 2.24) is 30.5 Å². The fourth-order valence-corrected chi connectivity index (χ4v) is 5.05. The van der Waals surface area contributed by atoms with E-state index in [4.69, 9.17) is 4.98 Å². The second-order valence-corrected chi connectivity index (χ2v) is 9.64. The average molecular weight is 481 g/mol. The van der Waals surface area contributed by atoms with Gasteiger partial charge in [-0.25, -0.2) is 4.98 Å². The predicted molar refractivity (Wildman–Crippen MR) is 148 cm³/mol. The third kappa shape index (κ3) is 4.48. The van der Waals surface area contributed by atoms with E-state index >= 15 is 0 Å². The van der Waals surface area contributed by atoms with Crippen molar-refractivity contribution >= 4 is 38.8 Å². The minimum Gasteiger partial charge on any atom is -0.352 e. The first-order valence-electron chi connectivity index (χ1n) is 11.7. The Morgan fingerprint density at radius 3 is 2.80 bits per heavy atom. The van der Waals surface area contributed by atoms with Crippen LogP contribution in [0.25, 0.3) is 49.3 Å². The molecule has 0 atom stereocenters. The Kier molecular flexibility index (Phi) is 6.44. The number of likely N-dealkylation sites (N-methyl/N-ethyl adjacent to an activating group) is 1. The first-order valence-corrected chi connectivity index (χ1v) is 12.5. The molecular formula is C28H28N6S. The highest BCUT2D eigenvalue weighted by molar-refractivity contribution is 7.15. The molecule has 0 aliphatic heterocycles. The summed E-state index contributed by atoms with van der Waals surface area (Å²) in [6, 6.07) is 10.5. The summed E-state index contributed by atoms with van der Waals surface area (Å²) < 4.78 is 0. The molecule has 5 rings (SSSR count). The summed E-state index contributed by atoms with van der Waals surface area (Å²) in [7, 11) is 0. The van der Waals surface area contributed by atoms with Crippen molar-refractivity contribution in [2.24, 2.45) is 0 Å². The van der Waals surface area contributed by atoms with Crippen LogP contribution in [-0.2, 0) is 0 Å². The molecule has 0 aromatic carbocycles. The molecule has 0 aliphatic rings. The zero-order chi connectivity index (χ0) is 24.4. The quantitative estimate of drug-likeness (QED) is 0.217. The molecule has 5 aromatic rings. The van der Waals surface area contributed by atoms with E-state index in [1.165, 1.54) is 9.75 Å². The van der Waals surface area contributed by atoms with Crippen LogP contribution in [0.4, 0.5) is 0 Å². The smallest absolute Gasteiger partial charge is 0.135 e. The lowest BCUT2D eigenvalue weighted by Gasteiger charge is -2.06. The van der Waals surface area contributed by atoms with Crippen LogP contribution in [0.15, 0.2) is 73.1 Å². The number of hydrogen-bond acceptors (Lipinski definition) is 5. The van der Waals surface area contributed by atoms with Crippen molar-refractivity contribution in [3.05, 3.63) is 83.7 Å². The molecule has 0 amide bonds. The SMILES string of the molecule is C=C/C(=C\C(=C/C)c1ccc2[nH]nc(-c3cc4c(-c5ccc(C)s5)cncc4[nH]3)c2n1)CNCC. The van der Waals surface area contributed by atoms with Gasteiger partial charge in [0.15, 0.2) is 0 Å². The van der Waals surface area contributed by atoms with Gasteiger partial charge >= 0.3 is 0 Å². The molecule has 0 unspecified atom stereocenters. The third-order valence-corrected chi connectivity index (χ3v) is 7.04. The highest BCUT2D eigenvalue weighted by Gasteiger charge is 2.16. The van der Waals surface area contributed by atoms with E-state index in [2.05, 4.69) is 76.3 Å². The molecule has 176 valence electrons. The number of nitrogens with one attached hydrogen (secondary N) is 3. The van der Waals surface area contributed by atoms with Gasteiger partial charge in [-0.05, 0) is 67.9 Å². The monoisotopic (exact) mass is 480 g/mol. The fourth-order valence-electron chi connectivity index (χ4n) is 4.16. The van der Waals surface area contributed by atoms with Gasteiger partial charge in [0.25, 0.3) is 0 Å². The normalized spacial score (nSPS) is 12.7. The third-order valence-electron chi connectivity index (χ3n) is 6.00. The highest BCUT2D eigenvalue weighted by atomic mass is 32.1. The molecular weight excluding hydrogens is 452 g/mol. The summed E-state index contributed by atoms with van der Waals surface area (Å²) in [5, 5.41) is 12.2. The Morgan fingerprint density at radius 2 is 2.06 bits per heavy atom. The van der Waals surface area contributed by atoms with Gasteiger partial charge in [0, 0.05) is 33.4 Å². The van der Waals surface area contributed by atoms with Crippen LogP contribution in [0, 0.1) is 6.92 Å². The predicted octanol–water partition coefficient (Wildman–Crippen LogP) is 6.66. The molecule has 7 heteroatoms. The standard InChI is InChI=1S/C28H28N6S/c1-5-18(14-29-7-3)12-19(6-2)22-9-10-23-27(32-22)28(34-33-23)24-13-20-21(15-30-16-25(20)31-24)26-11-8-17(4)35-26/h5-6,8-13,15-16,29,31H,1,7,14H2,2-4H3,(H,33,34)/b18-12+,19-6+. The van der Waals surface area contributed by atoms with Gasteiger partial charge in [-0.2, -0.15) is 5.10 Å². The number of aromatic nitrogens is 5. The zero-order valence-corrected chi connectivity index (χ0v) is 21.0. The molecule has 0 aliphatic carbocycles. The number of aryl methyl sites for hydroxylation is 1. The molecule has 35 heavy (non-hydrogen) atoms. The number of rotatable bonds is 8. The van der Waals surface area contributed by atoms with E-state index in [0.29, 0.717) is 0 Å². The zero-order valence-electron chi connectivity index (χ0n) is 20.1. The van der Waals surface area contributed by atoms with Crippen LogP contribution < -0.4 is 5.32 Å². The maximum atomic E-state index is 5.01. The molecule has 0 fully saturated rings. The van der Waals surface area contributed by atoms with Crippen LogP contribution in [0.3, 0.4) is 0 Å². The maximum absolute atomic E-state index is 5.01. The molecule has 0 saturated carbocycles. The molecule has 0 spiro atoms. The van der Waals surface area contributed by atoms with E-state index in [1.54, 1.807) is 11.3 Å². The summed E-state index contributed by atoms with van der Waals surface area (Å²) in [6.07, 6.45) is 9.89. The second-order valence-electron chi connectivity index (χ2n) is 8.35.